The summed E-state index contributed by atoms with van der Waals surface area (Å²) in [4.78, 5) is 6.59. The number of benzene rings is 1. The second-order valence-electron chi connectivity index (χ2n) is 10.3. The number of fused-ring (bicyclic) bond motifs is 2. The van der Waals surface area contributed by atoms with Crippen molar-refractivity contribution in [3.05, 3.63) is 29.4 Å². The van der Waals surface area contributed by atoms with E-state index >= 15 is 4.39 Å². The van der Waals surface area contributed by atoms with Crippen molar-refractivity contribution in [2.24, 2.45) is 0 Å². The molecule has 3 aliphatic rings. The third-order valence-corrected chi connectivity index (χ3v) is 8.38. The summed E-state index contributed by atoms with van der Waals surface area (Å²) in [6, 6.07) is 6.94. The summed E-state index contributed by atoms with van der Waals surface area (Å²) in [5.41, 5.74) is 0.468. The molecular weight excluding hydrogens is 467 g/mol. The van der Waals surface area contributed by atoms with Crippen LogP contribution in [0, 0.1) is 11.3 Å². The molecule has 2 N–H and O–H groups in total. The number of aromatic nitrogens is 5. The van der Waals surface area contributed by atoms with Crippen molar-refractivity contribution in [1.29, 1.82) is 5.26 Å². The fourth-order valence-electron chi connectivity index (χ4n) is 5.67. The Morgan fingerprint density at radius 3 is 2.69 bits per heavy atom. The Balaban J connectivity index is 1.28. The van der Waals surface area contributed by atoms with Crippen LogP contribution in [0.4, 0.5) is 10.2 Å². The van der Waals surface area contributed by atoms with E-state index in [9.17, 15) is 5.11 Å². The summed E-state index contributed by atoms with van der Waals surface area (Å²) in [6.07, 6.45) is 5.14. The Morgan fingerprint density at radius 2 is 2.03 bits per heavy atom. The highest BCUT2D eigenvalue weighted by Crippen LogP contribution is 2.47. The first-order valence-corrected chi connectivity index (χ1v) is 12.6. The molecule has 2 aromatic heterocycles. The number of nitrogens with zero attached hydrogens (tertiary/aromatic N) is 7. The van der Waals surface area contributed by atoms with Gasteiger partial charge in [0.15, 0.2) is 11.6 Å². The average Bonchev–Trinajstić information content (AvgIpc) is 3.48. The fraction of sp³-hybridized carbons (Fsp3) is 0.500. The van der Waals surface area contributed by atoms with Crippen LogP contribution in [0.2, 0.25) is 0 Å². The summed E-state index contributed by atoms with van der Waals surface area (Å²) < 4.78 is 15.8. The summed E-state index contributed by atoms with van der Waals surface area (Å²) in [7, 11) is 0. The minimum absolute atomic E-state index is 0.0237. The number of anilines is 1. The zero-order valence-corrected chi connectivity index (χ0v) is 20.3. The highest BCUT2D eigenvalue weighted by Gasteiger charge is 2.58. The first-order valence-electron chi connectivity index (χ1n) is 11.8. The molecule has 35 heavy (non-hydrogen) atoms. The predicted octanol–water partition coefficient (Wildman–Crippen LogP) is 3.61. The molecule has 2 saturated heterocycles. The smallest absolute Gasteiger partial charge is 0.218 e. The van der Waals surface area contributed by atoms with E-state index in [-0.39, 0.29) is 34.2 Å². The van der Waals surface area contributed by atoms with Gasteiger partial charge in [0.2, 0.25) is 5.01 Å². The molecule has 4 atom stereocenters. The molecule has 9 nitrogen and oxygen atoms in total. The van der Waals surface area contributed by atoms with Crippen LogP contribution in [0.1, 0.15) is 51.0 Å². The van der Waals surface area contributed by atoms with Crippen molar-refractivity contribution in [1.82, 2.24) is 30.7 Å². The summed E-state index contributed by atoms with van der Waals surface area (Å²) in [5.74, 6) is 0.834. The van der Waals surface area contributed by atoms with Crippen LogP contribution in [0.5, 0.6) is 5.75 Å². The molecule has 180 valence electrons. The minimum atomic E-state index is -1.02. The molecule has 6 rings (SSSR count). The van der Waals surface area contributed by atoms with E-state index in [1.807, 2.05) is 13.0 Å². The first kappa shape index (κ1) is 22.2. The van der Waals surface area contributed by atoms with E-state index in [1.165, 1.54) is 0 Å². The summed E-state index contributed by atoms with van der Waals surface area (Å²) in [5, 5.41) is 40.4. The maximum absolute atomic E-state index is 15.8. The van der Waals surface area contributed by atoms with Gasteiger partial charge in [-0.3, -0.25) is 0 Å². The molecule has 2 bridgehead atoms. The van der Waals surface area contributed by atoms with Crippen LogP contribution < -0.4 is 10.2 Å². The lowest BCUT2D eigenvalue weighted by Crippen LogP contribution is -2.66. The third-order valence-electron chi connectivity index (χ3n) is 7.51. The van der Waals surface area contributed by atoms with Crippen molar-refractivity contribution in [2.45, 2.75) is 75.3 Å². The number of piperidine rings is 1. The van der Waals surface area contributed by atoms with Crippen molar-refractivity contribution in [3.63, 3.8) is 0 Å². The second-order valence-corrected chi connectivity index (χ2v) is 11.3. The van der Waals surface area contributed by atoms with Gasteiger partial charge in [0.25, 0.3) is 0 Å². The number of phenols is 1. The largest absolute Gasteiger partial charge is 0.507 e. The molecular formula is C24H25FN8OS. The van der Waals surface area contributed by atoms with Crippen molar-refractivity contribution >= 4 is 17.2 Å². The second kappa shape index (κ2) is 7.90. The Labute approximate surface area is 206 Å². The average molecular weight is 493 g/mol. The molecule has 1 saturated carbocycles. The normalized spacial score (nSPS) is 29.7. The number of halogens is 1. The molecule has 3 aromatic rings. The number of rotatable bonds is 5. The minimum Gasteiger partial charge on any atom is -0.507 e. The molecule has 0 radical (unpaired) electrons. The van der Waals surface area contributed by atoms with Crippen LogP contribution in [0.25, 0.3) is 22.0 Å². The fourth-order valence-corrected chi connectivity index (χ4v) is 6.31. The van der Waals surface area contributed by atoms with Gasteiger partial charge in [0.1, 0.15) is 23.0 Å². The van der Waals surface area contributed by atoms with Crippen LogP contribution in [-0.2, 0) is 0 Å². The third kappa shape index (κ3) is 3.81. The van der Waals surface area contributed by atoms with Gasteiger partial charge in [0.05, 0.1) is 17.8 Å². The molecule has 1 aliphatic carbocycles. The lowest BCUT2D eigenvalue weighted by Gasteiger charge is -2.48. The Morgan fingerprint density at radius 1 is 1.20 bits per heavy atom. The van der Waals surface area contributed by atoms with Gasteiger partial charge in [-0.1, -0.05) is 17.4 Å². The van der Waals surface area contributed by atoms with Gasteiger partial charge in [-0.05, 0) is 58.1 Å². The van der Waals surface area contributed by atoms with Crippen LogP contribution in [0.15, 0.2) is 24.4 Å². The summed E-state index contributed by atoms with van der Waals surface area (Å²) in [6.45, 7) is 4.17. The monoisotopic (exact) mass is 492 g/mol. The first-order chi connectivity index (χ1) is 16.8. The van der Waals surface area contributed by atoms with Crippen molar-refractivity contribution < 1.29 is 9.50 Å². The maximum Gasteiger partial charge on any atom is 0.218 e. The number of nitrogens with one attached hydrogen (secondary N) is 1. The molecule has 0 spiro atoms. The van der Waals surface area contributed by atoms with E-state index in [2.05, 4.69) is 42.5 Å². The van der Waals surface area contributed by atoms with E-state index in [4.69, 9.17) is 5.26 Å². The molecule has 3 fully saturated rings. The lowest BCUT2D eigenvalue weighted by atomic mass is 9.82. The molecule has 0 amide bonds. The maximum atomic E-state index is 15.8. The highest BCUT2D eigenvalue weighted by atomic mass is 32.1. The Hall–Kier alpha value is -3.23. The Kier molecular flexibility index (Phi) is 5.02. The molecule has 4 heterocycles. The number of alkyl halides is 1. The quantitative estimate of drug-likeness (QED) is 0.549. The molecule has 2 aliphatic heterocycles. The molecule has 0 unspecified atom stereocenters. The molecule has 1 aromatic carbocycles. The summed E-state index contributed by atoms with van der Waals surface area (Å²) >= 11 is 1.15. The number of phenolic OH excluding ortho intramolecular Hbond substituents is 1. The van der Waals surface area contributed by atoms with Gasteiger partial charge in [0, 0.05) is 22.7 Å². The van der Waals surface area contributed by atoms with E-state index in [0.29, 0.717) is 28.4 Å². The van der Waals surface area contributed by atoms with Gasteiger partial charge in [-0.15, -0.1) is 20.4 Å². The van der Waals surface area contributed by atoms with Gasteiger partial charge >= 0.3 is 0 Å². The van der Waals surface area contributed by atoms with E-state index < -0.39 is 11.7 Å². The van der Waals surface area contributed by atoms with Crippen LogP contribution in [0.3, 0.4) is 0 Å². The highest BCUT2D eigenvalue weighted by molar-refractivity contribution is 7.15. The zero-order valence-electron chi connectivity index (χ0n) is 19.4. The van der Waals surface area contributed by atoms with E-state index in [0.717, 1.165) is 37.0 Å². The molecule has 11 heteroatoms. The van der Waals surface area contributed by atoms with Crippen LogP contribution >= 0.6 is 11.3 Å². The predicted molar refractivity (Wildman–Crippen MR) is 129 cm³/mol. The zero-order chi connectivity index (χ0) is 24.4. The van der Waals surface area contributed by atoms with Crippen molar-refractivity contribution in [2.75, 3.05) is 4.90 Å². The number of nitriles is 1. The number of hydrogen-bond acceptors (Lipinski definition) is 10. The van der Waals surface area contributed by atoms with E-state index in [1.54, 1.807) is 24.4 Å². The topological polar surface area (TPSA) is 124 Å². The Bertz CT molecular complexity index is 1320. The van der Waals surface area contributed by atoms with Gasteiger partial charge in [-0.25, -0.2) is 9.37 Å². The number of aromatic hydroxyl groups is 1. The van der Waals surface area contributed by atoms with Gasteiger partial charge in [-0.2, -0.15) is 5.26 Å². The SMILES string of the molecule is C[C@]12CC[C@](C)(N1)[C@H](F)[C@H](N(c1cnc(-c3ccc(-c4nnc(C#N)s4)cc3O)nn1)C1CC1)C2. The standard InChI is InChI=1S/C24H25FN8OS/c1-23-7-8-24(2,32-23)20(25)16(10-23)33(14-4-5-14)18-12-27-21(30-28-18)15-6-3-13(9-17(15)34)22-31-29-19(11-26)35-22/h3,6,9,12,14,16,20,32,34H,4-5,7-8,10H2,1-2H3/t16-,20-,23-,24+/m1/s1. The number of hydrogen-bond donors (Lipinski definition) is 2. The van der Waals surface area contributed by atoms with Crippen molar-refractivity contribution in [3.8, 4) is 33.8 Å². The lowest BCUT2D eigenvalue weighted by molar-refractivity contribution is 0.0831. The van der Waals surface area contributed by atoms with Crippen LogP contribution in [-0.4, -0.2) is 59.8 Å². The van der Waals surface area contributed by atoms with Gasteiger partial charge < -0.3 is 15.3 Å².